The van der Waals surface area contributed by atoms with Gasteiger partial charge in [-0.05, 0) is 13.8 Å². The largest absolute Gasteiger partial charge is 0.383 e. The molecule has 130 valence electrons. The Labute approximate surface area is 145 Å². The number of amides is 1. The molecule has 1 amide bonds. The molecule has 4 N–H and O–H groups in total. The number of hydrogen-bond donors (Lipinski definition) is 3. The van der Waals surface area contributed by atoms with Gasteiger partial charge in [-0.15, -0.1) is 24.8 Å². The molecule has 23 heavy (non-hydrogen) atoms. The summed E-state index contributed by atoms with van der Waals surface area (Å²) >= 11 is 0. The Morgan fingerprint density at radius 2 is 2.13 bits per heavy atom. The Morgan fingerprint density at radius 3 is 2.74 bits per heavy atom. The average Bonchev–Trinajstić information content (AvgIpc) is 2.79. The summed E-state index contributed by atoms with van der Waals surface area (Å²) in [6.45, 7) is 4.14. The second-order valence-electron chi connectivity index (χ2n) is 4.85. The van der Waals surface area contributed by atoms with Crippen molar-refractivity contribution < 1.29 is 9.53 Å². The summed E-state index contributed by atoms with van der Waals surface area (Å²) in [5, 5.41) is 5.41. The lowest BCUT2D eigenvalue weighted by atomic mass is 10.1. The molecule has 10 heteroatoms. The molecule has 0 fully saturated rings. The number of rotatable bonds is 5. The molecule has 2 rings (SSSR count). The Hall–Kier alpha value is -1.61. The van der Waals surface area contributed by atoms with E-state index in [1.54, 1.807) is 4.52 Å². The van der Waals surface area contributed by atoms with Crippen LogP contribution in [-0.2, 0) is 16.1 Å². The van der Waals surface area contributed by atoms with Crippen LogP contribution in [0.4, 0.5) is 0 Å². The molecule has 0 saturated carbocycles. The van der Waals surface area contributed by atoms with Crippen LogP contribution in [0.5, 0.6) is 0 Å². The van der Waals surface area contributed by atoms with Crippen LogP contribution in [0.25, 0.3) is 5.65 Å². The van der Waals surface area contributed by atoms with Crippen molar-refractivity contribution in [2.24, 2.45) is 5.73 Å². The molecule has 8 nitrogen and oxygen atoms in total. The number of fused-ring (bicyclic) bond motifs is 1. The number of ether oxygens (including phenoxy) is 1. The number of aromatic amines is 1. The first kappa shape index (κ1) is 21.4. The maximum absolute atomic E-state index is 11.8. The molecule has 2 heterocycles. The second kappa shape index (κ2) is 8.88. The van der Waals surface area contributed by atoms with Gasteiger partial charge in [0, 0.05) is 36.7 Å². The third kappa shape index (κ3) is 4.68. The van der Waals surface area contributed by atoms with Gasteiger partial charge in [-0.1, -0.05) is 0 Å². The number of hydrogen-bond acceptors (Lipinski definition) is 5. The molecular weight excluding hydrogens is 345 g/mol. The van der Waals surface area contributed by atoms with Crippen molar-refractivity contribution in [2.45, 2.75) is 26.4 Å². The Bertz CT molecular complexity index is 728. The molecule has 1 atom stereocenters. The molecular formula is C13H21Cl2N5O3. The zero-order valence-corrected chi connectivity index (χ0v) is 14.7. The highest BCUT2D eigenvalue weighted by molar-refractivity contribution is 5.85. The Balaban J connectivity index is 0.00000242. The Kier molecular flexibility index (Phi) is 8.25. The highest BCUT2D eigenvalue weighted by Crippen LogP contribution is 2.12. The topological polar surface area (TPSA) is 115 Å². The van der Waals surface area contributed by atoms with E-state index in [9.17, 15) is 9.59 Å². The van der Waals surface area contributed by atoms with E-state index in [0.717, 1.165) is 17.0 Å². The van der Waals surface area contributed by atoms with Crippen molar-refractivity contribution in [3.8, 4) is 0 Å². The quantitative estimate of drug-likeness (QED) is 0.693. The number of aryl methyl sites for hydroxylation is 2. The highest BCUT2D eigenvalue weighted by atomic mass is 35.5. The second-order valence-corrected chi connectivity index (χ2v) is 4.85. The lowest BCUT2D eigenvalue weighted by molar-refractivity contribution is -0.123. The molecule has 2 aromatic rings. The van der Waals surface area contributed by atoms with Crippen molar-refractivity contribution in [3.63, 3.8) is 0 Å². The molecule has 0 saturated heterocycles. The van der Waals surface area contributed by atoms with E-state index in [1.807, 2.05) is 13.8 Å². The van der Waals surface area contributed by atoms with Crippen molar-refractivity contribution in [1.82, 2.24) is 19.9 Å². The number of halogens is 2. The Morgan fingerprint density at radius 1 is 1.48 bits per heavy atom. The summed E-state index contributed by atoms with van der Waals surface area (Å²) in [4.78, 5) is 27.5. The first-order chi connectivity index (χ1) is 9.93. The minimum absolute atomic E-state index is 0. The van der Waals surface area contributed by atoms with E-state index >= 15 is 0 Å². The third-order valence-electron chi connectivity index (χ3n) is 3.32. The van der Waals surface area contributed by atoms with Crippen LogP contribution in [-0.4, -0.2) is 40.3 Å². The molecule has 2 aromatic heterocycles. The molecule has 1 unspecified atom stereocenters. The number of methoxy groups -OCH3 is 1. The van der Waals surface area contributed by atoms with Gasteiger partial charge < -0.3 is 15.8 Å². The van der Waals surface area contributed by atoms with Crippen molar-refractivity contribution in [2.75, 3.05) is 13.7 Å². The van der Waals surface area contributed by atoms with Gasteiger partial charge in [0.05, 0.1) is 6.61 Å². The predicted molar refractivity (Wildman–Crippen MR) is 91.5 cm³/mol. The van der Waals surface area contributed by atoms with Crippen LogP contribution < -0.4 is 16.6 Å². The van der Waals surface area contributed by atoms with E-state index in [2.05, 4.69) is 15.4 Å². The lowest BCUT2D eigenvalue weighted by Crippen LogP contribution is -2.43. The van der Waals surface area contributed by atoms with E-state index in [4.69, 9.17) is 10.5 Å². The summed E-state index contributed by atoms with van der Waals surface area (Å²) in [5.74, 6) is -0.295. The van der Waals surface area contributed by atoms with Crippen LogP contribution in [0.2, 0.25) is 0 Å². The molecule has 0 aromatic carbocycles. The van der Waals surface area contributed by atoms with Crippen LogP contribution in [0.15, 0.2) is 10.9 Å². The fourth-order valence-corrected chi connectivity index (χ4v) is 2.17. The maximum atomic E-state index is 11.8. The van der Waals surface area contributed by atoms with Crippen molar-refractivity contribution >= 4 is 36.4 Å². The molecule has 0 spiro atoms. The number of nitrogens with zero attached hydrogens (tertiary/aromatic N) is 2. The number of aromatic nitrogens is 3. The van der Waals surface area contributed by atoms with Crippen molar-refractivity contribution in [3.05, 3.63) is 33.4 Å². The van der Waals surface area contributed by atoms with E-state index < -0.39 is 6.04 Å². The number of carbonyl (C=O) groups is 1. The van der Waals surface area contributed by atoms with Gasteiger partial charge in [-0.25, -0.2) is 9.50 Å². The summed E-state index contributed by atoms with van der Waals surface area (Å²) < 4.78 is 6.45. The SMILES string of the molecule is COCC(N)C(=O)NCc1c(C)nc2cc(=O)[nH]n2c1C.Cl.Cl. The maximum Gasteiger partial charge on any atom is 0.266 e. The number of carbonyl (C=O) groups excluding carboxylic acids is 1. The lowest BCUT2D eigenvalue weighted by Gasteiger charge is -2.14. The minimum Gasteiger partial charge on any atom is -0.383 e. The zero-order chi connectivity index (χ0) is 15.6. The average molecular weight is 366 g/mol. The minimum atomic E-state index is -0.710. The van der Waals surface area contributed by atoms with Gasteiger partial charge in [0.15, 0.2) is 5.65 Å². The molecule has 0 aliphatic rings. The van der Waals surface area contributed by atoms with Gasteiger partial charge in [-0.3, -0.25) is 14.7 Å². The van der Waals surface area contributed by atoms with Crippen molar-refractivity contribution in [1.29, 1.82) is 0 Å². The molecule has 0 radical (unpaired) electrons. The summed E-state index contributed by atoms with van der Waals surface area (Å²) in [5.41, 5.74) is 8.41. The summed E-state index contributed by atoms with van der Waals surface area (Å²) in [7, 11) is 1.49. The standard InChI is InChI=1S/C13H19N5O3.2ClH/c1-7-9(5-15-13(20)10(14)6-21-3)8(2)18-11(16-7)4-12(19)17-18;;/h4,10H,5-6,14H2,1-3H3,(H,15,20)(H,17,19);2*1H. The molecule has 0 aliphatic carbocycles. The fourth-order valence-electron chi connectivity index (χ4n) is 2.17. The smallest absolute Gasteiger partial charge is 0.266 e. The van der Waals surface area contributed by atoms with Gasteiger partial charge in [0.25, 0.3) is 5.56 Å². The predicted octanol–water partition coefficient (Wildman–Crippen LogP) is 0.0729. The number of H-pyrrole nitrogens is 1. The van der Waals surface area contributed by atoms with Gasteiger partial charge in [0.2, 0.25) is 5.91 Å². The number of nitrogens with two attached hydrogens (primary N) is 1. The van der Waals surface area contributed by atoms with E-state index in [0.29, 0.717) is 5.65 Å². The number of nitrogens with one attached hydrogen (secondary N) is 2. The van der Waals surface area contributed by atoms with Gasteiger partial charge >= 0.3 is 0 Å². The highest BCUT2D eigenvalue weighted by Gasteiger charge is 2.15. The first-order valence-corrected chi connectivity index (χ1v) is 6.54. The summed E-state index contributed by atoms with van der Waals surface area (Å²) in [6.07, 6.45) is 0. The van der Waals surface area contributed by atoms with Crippen LogP contribution in [0.1, 0.15) is 17.0 Å². The normalized spacial score (nSPS) is 11.5. The third-order valence-corrected chi connectivity index (χ3v) is 3.32. The molecule has 0 aliphatic heterocycles. The van der Waals surface area contributed by atoms with E-state index in [-0.39, 0.29) is 49.4 Å². The summed E-state index contributed by atoms with van der Waals surface area (Å²) in [6, 6.07) is 0.718. The molecule has 0 bridgehead atoms. The van der Waals surface area contributed by atoms with Gasteiger partial charge in [-0.2, -0.15) is 0 Å². The van der Waals surface area contributed by atoms with Crippen LogP contribution >= 0.6 is 24.8 Å². The fraction of sp³-hybridized carbons (Fsp3) is 0.462. The zero-order valence-electron chi connectivity index (χ0n) is 13.1. The van der Waals surface area contributed by atoms with Crippen LogP contribution in [0.3, 0.4) is 0 Å². The van der Waals surface area contributed by atoms with Gasteiger partial charge in [0.1, 0.15) is 6.04 Å². The van der Waals surface area contributed by atoms with E-state index in [1.165, 1.54) is 13.2 Å². The van der Waals surface area contributed by atoms with Crippen LogP contribution in [0, 0.1) is 13.8 Å². The monoisotopic (exact) mass is 365 g/mol. The first-order valence-electron chi connectivity index (χ1n) is 6.54.